The predicted octanol–water partition coefficient (Wildman–Crippen LogP) is 5.15. The monoisotopic (exact) mass is 425 g/mol. The average molecular weight is 425 g/mol. The number of aliphatic hydroxyl groups is 1. The second-order valence-electron chi connectivity index (χ2n) is 7.15. The van der Waals surface area contributed by atoms with Gasteiger partial charge in [-0.15, -0.1) is 11.1 Å². The molecule has 0 unspecified atom stereocenters. The minimum atomic E-state index is -1.09. The summed E-state index contributed by atoms with van der Waals surface area (Å²) in [5.41, 5.74) is 2.95. The summed E-state index contributed by atoms with van der Waals surface area (Å²) in [5.74, 6) is 0. The Balaban J connectivity index is 0.000000255. The zero-order chi connectivity index (χ0) is 19.8. The topological polar surface area (TPSA) is 23.5 Å². The molecule has 0 bridgehead atoms. The average Bonchev–Trinajstić information content (AvgIpc) is 3.43. The van der Waals surface area contributed by atoms with Gasteiger partial charge >= 0.3 is 17.1 Å². The molecule has 0 saturated carbocycles. The van der Waals surface area contributed by atoms with Crippen molar-refractivity contribution < 1.29 is 22.2 Å². The first-order valence-electron chi connectivity index (χ1n) is 9.51. The van der Waals surface area contributed by atoms with E-state index < -0.39 is 5.60 Å². The summed E-state index contributed by atoms with van der Waals surface area (Å²) in [6, 6.07) is 35.8. The van der Waals surface area contributed by atoms with Crippen molar-refractivity contribution in [3.05, 3.63) is 131 Å². The molecule has 29 heavy (non-hydrogen) atoms. The molecule has 0 aliphatic heterocycles. The van der Waals surface area contributed by atoms with Crippen LogP contribution in [0.15, 0.2) is 109 Å². The molecular formula is C26H27FeNO. The maximum absolute atomic E-state index is 11.3. The van der Waals surface area contributed by atoms with Gasteiger partial charge in [-0.25, -0.2) is 24.3 Å². The van der Waals surface area contributed by atoms with Gasteiger partial charge in [-0.2, -0.15) is 24.3 Å². The quantitative estimate of drug-likeness (QED) is 0.353. The van der Waals surface area contributed by atoms with Gasteiger partial charge < -0.3 is 10.0 Å². The molecule has 0 aliphatic rings. The number of hydrogen-bond donors (Lipinski definition) is 1. The maximum Gasteiger partial charge on any atom is 2.00 e. The molecule has 4 aromatic rings. The molecule has 0 heterocycles. The Hall–Kier alpha value is -2.42. The molecular weight excluding hydrogens is 398 g/mol. The number of hydrogen-bond acceptors (Lipinski definition) is 2. The number of benzene rings is 2. The van der Waals surface area contributed by atoms with Crippen LogP contribution in [0.25, 0.3) is 0 Å². The van der Waals surface area contributed by atoms with E-state index in [-0.39, 0.29) is 17.1 Å². The summed E-state index contributed by atoms with van der Waals surface area (Å²) in [5, 5.41) is 11.3. The largest absolute Gasteiger partial charge is 2.00 e. The van der Waals surface area contributed by atoms with Crippen molar-refractivity contribution in [2.45, 2.75) is 12.1 Å². The fourth-order valence-corrected chi connectivity index (χ4v) is 3.36. The van der Waals surface area contributed by atoms with Gasteiger partial charge in [-0.3, -0.25) is 0 Å². The molecule has 0 aliphatic carbocycles. The van der Waals surface area contributed by atoms with Crippen molar-refractivity contribution in [1.82, 2.24) is 4.90 Å². The third-order valence-corrected chi connectivity index (χ3v) is 4.69. The number of nitrogens with zero attached hydrogens (tertiary/aromatic N) is 1. The summed E-state index contributed by atoms with van der Waals surface area (Å²) in [7, 11) is 4.15. The van der Waals surface area contributed by atoms with Crippen molar-refractivity contribution in [2.24, 2.45) is 0 Å². The van der Waals surface area contributed by atoms with Crippen molar-refractivity contribution in [1.29, 1.82) is 0 Å². The van der Waals surface area contributed by atoms with E-state index in [2.05, 4.69) is 43.3 Å². The molecule has 0 atom stereocenters. The molecule has 0 fully saturated rings. The first kappa shape index (κ1) is 22.9. The molecule has 4 rings (SSSR count). The molecule has 4 aromatic carbocycles. The first-order valence-corrected chi connectivity index (χ1v) is 9.51. The Kier molecular flexibility index (Phi) is 8.63. The molecule has 150 valence electrons. The van der Waals surface area contributed by atoms with Crippen LogP contribution in [0.4, 0.5) is 0 Å². The van der Waals surface area contributed by atoms with E-state index in [0.29, 0.717) is 0 Å². The van der Waals surface area contributed by atoms with Crippen LogP contribution >= 0.6 is 0 Å². The van der Waals surface area contributed by atoms with E-state index in [0.717, 1.165) is 23.2 Å². The van der Waals surface area contributed by atoms with Gasteiger partial charge in [0.05, 0.1) is 5.60 Å². The van der Waals surface area contributed by atoms with Gasteiger partial charge in [0.15, 0.2) is 0 Å². The van der Waals surface area contributed by atoms with Crippen LogP contribution in [-0.4, -0.2) is 24.1 Å². The Bertz CT molecular complexity index is 874. The molecule has 1 N–H and O–H groups in total. The standard InChI is InChI=1S/C18H15O.C8H12N.Fe/c19-18(17-13-7-8-14-17,15-9-3-1-4-10-15)16-11-5-2-6-12-16;1-9(2)7-8-5-3-4-6-8;/h1-14,19H;3-6H,7H2,1-2H3;/q2*-1;+2. The molecule has 0 aromatic heterocycles. The van der Waals surface area contributed by atoms with E-state index in [9.17, 15) is 5.11 Å². The van der Waals surface area contributed by atoms with Crippen LogP contribution in [-0.2, 0) is 29.2 Å². The summed E-state index contributed by atoms with van der Waals surface area (Å²) in [6.45, 7) is 1.05. The van der Waals surface area contributed by atoms with Crippen LogP contribution in [0, 0.1) is 0 Å². The zero-order valence-electron chi connectivity index (χ0n) is 16.8. The second-order valence-corrected chi connectivity index (χ2v) is 7.15. The minimum Gasteiger partial charge on any atom is -0.388 e. The smallest absolute Gasteiger partial charge is 0.388 e. The van der Waals surface area contributed by atoms with E-state index in [1.165, 1.54) is 5.56 Å². The molecule has 2 nitrogen and oxygen atoms in total. The van der Waals surface area contributed by atoms with Crippen LogP contribution in [0.3, 0.4) is 0 Å². The van der Waals surface area contributed by atoms with Gasteiger partial charge in [-0.05, 0) is 31.8 Å². The summed E-state index contributed by atoms with van der Waals surface area (Å²) >= 11 is 0. The van der Waals surface area contributed by atoms with E-state index >= 15 is 0 Å². The SMILES string of the molecule is CN(C)C[c-]1cccc1.OC(c1ccccc1)(c1ccccc1)[c-]1cccc1.[Fe+2]. The Morgan fingerprint density at radius 1 is 0.690 bits per heavy atom. The third kappa shape index (κ3) is 5.79. The fourth-order valence-electron chi connectivity index (χ4n) is 3.36. The summed E-state index contributed by atoms with van der Waals surface area (Å²) < 4.78 is 0. The van der Waals surface area contributed by atoms with Crippen LogP contribution < -0.4 is 0 Å². The maximum atomic E-state index is 11.3. The van der Waals surface area contributed by atoms with Gasteiger partial charge in [-0.1, -0.05) is 60.7 Å². The molecule has 0 amide bonds. The minimum absolute atomic E-state index is 0. The summed E-state index contributed by atoms with van der Waals surface area (Å²) in [6.07, 6.45) is 0. The molecule has 0 spiro atoms. The Morgan fingerprint density at radius 3 is 1.52 bits per heavy atom. The van der Waals surface area contributed by atoms with Crippen LogP contribution in [0.1, 0.15) is 22.3 Å². The van der Waals surface area contributed by atoms with Gasteiger partial charge in [0.25, 0.3) is 0 Å². The molecule has 3 heteroatoms. The van der Waals surface area contributed by atoms with Crippen molar-refractivity contribution in [2.75, 3.05) is 14.1 Å². The van der Waals surface area contributed by atoms with Crippen molar-refractivity contribution >= 4 is 0 Å². The predicted molar refractivity (Wildman–Crippen MR) is 116 cm³/mol. The van der Waals surface area contributed by atoms with Crippen molar-refractivity contribution in [3.63, 3.8) is 0 Å². The fraction of sp³-hybridized carbons (Fsp3) is 0.154. The van der Waals surface area contributed by atoms with Crippen molar-refractivity contribution in [3.8, 4) is 0 Å². The zero-order valence-corrected chi connectivity index (χ0v) is 18.0. The van der Waals surface area contributed by atoms with E-state index in [4.69, 9.17) is 0 Å². The Labute approximate surface area is 184 Å². The third-order valence-electron chi connectivity index (χ3n) is 4.69. The van der Waals surface area contributed by atoms with Crippen LogP contribution in [0.5, 0.6) is 0 Å². The van der Waals surface area contributed by atoms with Crippen LogP contribution in [0.2, 0.25) is 0 Å². The molecule has 0 saturated heterocycles. The van der Waals surface area contributed by atoms with Gasteiger partial charge in [0.1, 0.15) is 0 Å². The van der Waals surface area contributed by atoms with Gasteiger partial charge in [0, 0.05) is 0 Å². The normalized spacial score (nSPS) is 10.8. The first-order chi connectivity index (χ1) is 13.6. The Morgan fingerprint density at radius 2 is 1.10 bits per heavy atom. The van der Waals surface area contributed by atoms with Gasteiger partial charge in [0.2, 0.25) is 0 Å². The second kappa shape index (κ2) is 10.9. The summed E-state index contributed by atoms with van der Waals surface area (Å²) in [4.78, 5) is 2.16. The van der Waals surface area contributed by atoms with E-state index in [1.807, 2.05) is 84.9 Å². The van der Waals surface area contributed by atoms with E-state index in [1.54, 1.807) is 0 Å². The molecule has 0 radical (unpaired) electrons. The number of rotatable bonds is 5.